The Morgan fingerprint density at radius 2 is 1.72 bits per heavy atom. The molecule has 9 heteroatoms. The molecule has 3 amide bonds. The van der Waals surface area contributed by atoms with Gasteiger partial charge in [-0.3, -0.25) is 14.4 Å². The van der Waals surface area contributed by atoms with Gasteiger partial charge in [-0.25, -0.2) is 4.79 Å². The van der Waals surface area contributed by atoms with E-state index in [1.165, 1.54) is 0 Å². The number of nitrogens with one attached hydrogen (secondary N) is 3. The Labute approximate surface area is 227 Å². The van der Waals surface area contributed by atoms with Gasteiger partial charge in [-0.15, -0.1) is 0 Å². The number of carbonyl (C=O) groups excluding carboxylic acids is 3. The highest BCUT2D eigenvalue weighted by Gasteiger charge is 2.49. The van der Waals surface area contributed by atoms with Gasteiger partial charge in [0, 0.05) is 28.6 Å². The maximum atomic E-state index is 13.9. The topological polar surface area (TPSA) is 132 Å². The summed E-state index contributed by atoms with van der Waals surface area (Å²) in [5, 5.41) is 16.0. The quantitative estimate of drug-likeness (QED) is 0.355. The van der Waals surface area contributed by atoms with Crippen LogP contribution in [0, 0.1) is 11.8 Å². The Morgan fingerprint density at radius 3 is 2.41 bits per heavy atom. The summed E-state index contributed by atoms with van der Waals surface area (Å²) in [4.78, 5) is 57.7. The lowest BCUT2D eigenvalue weighted by Crippen LogP contribution is -2.58. The van der Waals surface area contributed by atoms with Crippen LogP contribution >= 0.6 is 0 Å². The van der Waals surface area contributed by atoms with Crippen LogP contribution in [0.25, 0.3) is 10.9 Å². The monoisotopic (exact) mass is 530 g/mol. The summed E-state index contributed by atoms with van der Waals surface area (Å²) in [6.07, 6.45) is 0.617. The van der Waals surface area contributed by atoms with Gasteiger partial charge in [0.1, 0.15) is 18.1 Å². The van der Waals surface area contributed by atoms with E-state index < -0.39 is 42.0 Å². The number of aromatic nitrogens is 1. The predicted octanol–water partition coefficient (Wildman–Crippen LogP) is 3.39. The van der Waals surface area contributed by atoms with Gasteiger partial charge < -0.3 is 25.6 Å². The maximum absolute atomic E-state index is 13.9. The fourth-order valence-corrected chi connectivity index (χ4v) is 5.88. The second-order valence-electron chi connectivity index (χ2n) is 11.2. The summed E-state index contributed by atoms with van der Waals surface area (Å²) in [6.45, 7) is 7.29. The SMILES string of the molecule is CC(C)C[C@H](NC(=O)[C@@H]1Cc2c([nH]c3ccccc23)[C@@H]2c3ccccc3C(=O)N21)C(=O)N[C@H](C(=O)O)C(C)C. The van der Waals surface area contributed by atoms with Crippen molar-refractivity contribution in [3.05, 3.63) is 70.9 Å². The van der Waals surface area contributed by atoms with Crippen molar-refractivity contribution in [1.29, 1.82) is 0 Å². The van der Waals surface area contributed by atoms with Crippen molar-refractivity contribution in [3.8, 4) is 0 Å². The molecule has 0 bridgehead atoms. The van der Waals surface area contributed by atoms with Gasteiger partial charge in [-0.2, -0.15) is 0 Å². The standard InChI is InChI=1S/C30H34N4O5/c1-15(2)13-22(27(35)33-24(16(3)4)30(38)39)32-28(36)23-14-20-17-9-7-8-12-21(17)31-25(20)26-18-10-5-6-11-19(18)29(37)34(23)26/h5-12,15-16,22-24,26,31H,13-14H2,1-4H3,(H,32,36)(H,33,35)(H,38,39)/t22-,23-,24-,26-/m0/s1. The molecule has 0 saturated heterocycles. The average molecular weight is 531 g/mol. The van der Waals surface area contributed by atoms with Crippen molar-refractivity contribution in [3.63, 3.8) is 0 Å². The van der Waals surface area contributed by atoms with Crippen LogP contribution in [0.5, 0.6) is 0 Å². The number of rotatable bonds is 8. The molecule has 4 N–H and O–H groups in total. The number of aliphatic carboxylic acids is 1. The van der Waals surface area contributed by atoms with E-state index in [-0.39, 0.29) is 17.7 Å². The molecule has 0 aliphatic carbocycles. The minimum absolute atomic E-state index is 0.0559. The molecule has 39 heavy (non-hydrogen) atoms. The first-order valence-electron chi connectivity index (χ1n) is 13.4. The lowest BCUT2D eigenvalue weighted by Gasteiger charge is -2.38. The largest absolute Gasteiger partial charge is 0.480 e. The molecular formula is C30H34N4O5. The summed E-state index contributed by atoms with van der Waals surface area (Å²) in [5.74, 6) is -2.61. The lowest BCUT2D eigenvalue weighted by molar-refractivity contribution is -0.143. The van der Waals surface area contributed by atoms with E-state index in [1.807, 2.05) is 56.3 Å². The molecule has 4 atom stereocenters. The smallest absolute Gasteiger partial charge is 0.326 e. The van der Waals surface area contributed by atoms with Gasteiger partial charge >= 0.3 is 5.97 Å². The molecule has 3 aromatic rings. The van der Waals surface area contributed by atoms with E-state index in [2.05, 4.69) is 15.6 Å². The first-order valence-corrected chi connectivity index (χ1v) is 13.4. The van der Waals surface area contributed by atoms with Gasteiger partial charge in [-0.1, -0.05) is 64.1 Å². The third-order valence-corrected chi connectivity index (χ3v) is 7.73. The normalized spacial score (nSPS) is 19.4. The third kappa shape index (κ3) is 4.66. The number of para-hydroxylation sites is 1. The van der Waals surface area contributed by atoms with Gasteiger partial charge in [-0.05, 0) is 41.5 Å². The Morgan fingerprint density at radius 1 is 1.03 bits per heavy atom. The number of benzene rings is 2. The number of aromatic amines is 1. The summed E-state index contributed by atoms with van der Waals surface area (Å²) in [7, 11) is 0. The molecule has 2 aliphatic heterocycles. The van der Waals surface area contributed by atoms with Gasteiger partial charge in [0.25, 0.3) is 5.91 Å². The van der Waals surface area contributed by atoms with Gasteiger partial charge in [0.05, 0.1) is 6.04 Å². The first kappa shape index (κ1) is 26.5. The Hall–Kier alpha value is -4.14. The maximum Gasteiger partial charge on any atom is 0.326 e. The molecular weight excluding hydrogens is 496 g/mol. The molecule has 3 heterocycles. The zero-order chi connectivity index (χ0) is 28.0. The van der Waals surface area contributed by atoms with Gasteiger partial charge in [0.2, 0.25) is 11.8 Å². The number of H-pyrrole nitrogens is 1. The molecule has 5 rings (SSSR count). The van der Waals surface area contributed by atoms with Crippen LogP contribution in [0.4, 0.5) is 0 Å². The number of hydrogen-bond donors (Lipinski definition) is 4. The van der Waals surface area contributed by atoms with Crippen molar-refractivity contribution < 1.29 is 24.3 Å². The van der Waals surface area contributed by atoms with Gasteiger partial charge in [0.15, 0.2) is 0 Å². The highest BCUT2D eigenvalue weighted by Crippen LogP contribution is 2.46. The number of hydrogen-bond acceptors (Lipinski definition) is 4. The molecule has 0 unspecified atom stereocenters. The number of carbonyl (C=O) groups is 4. The molecule has 2 aromatic carbocycles. The molecule has 0 radical (unpaired) electrons. The average Bonchev–Trinajstić information content (AvgIpc) is 3.41. The summed E-state index contributed by atoms with van der Waals surface area (Å²) in [6, 6.07) is 12.0. The highest BCUT2D eigenvalue weighted by molar-refractivity contribution is 6.04. The molecule has 0 saturated carbocycles. The minimum atomic E-state index is -1.13. The fraction of sp³-hybridized carbons (Fsp3) is 0.400. The van der Waals surface area contributed by atoms with Crippen LogP contribution in [0.3, 0.4) is 0 Å². The number of carboxylic acids is 1. The Balaban J connectivity index is 1.50. The molecule has 0 fully saturated rings. The molecule has 204 valence electrons. The van der Waals surface area contributed by atoms with E-state index in [9.17, 15) is 24.3 Å². The number of fused-ring (bicyclic) bond motifs is 7. The predicted molar refractivity (Wildman–Crippen MR) is 146 cm³/mol. The van der Waals surface area contributed by atoms with Crippen LogP contribution in [0.1, 0.15) is 67.3 Å². The minimum Gasteiger partial charge on any atom is -0.480 e. The van der Waals surface area contributed by atoms with E-state index in [0.717, 1.165) is 27.7 Å². The number of amides is 3. The Kier molecular flexibility index (Phi) is 6.92. The second-order valence-corrected chi connectivity index (χ2v) is 11.2. The lowest BCUT2D eigenvalue weighted by atomic mass is 9.89. The van der Waals surface area contributed by atoms with Crippen molar-refractivity contribution >= 4 is 34.6 Å². The molecule has 0 spiro atoms. The summed E-state index contributed by atoms with van der Waals surface area (Å²) < 4.78 is 0. The molecule has 1 aromatic heterocycles. The summed E-state index contributed by atoms with van der Waals surface area (Å²) >= 11 is 0. The third-order valence-electron chi connectivity index (χ3n) is 7.73. The van der Waals surface area contributed by atoms with Crippen LogP contribution < -0.4 is 10.6 Å². The first-order chi connectivity index (χ1) is 18.6. The second kappa shape index (κ2) is 10.2. The fourth-order valence-electron chi connectivity index (χ4n) is 5.88. The van der Waals surface area contributed by atoms with E-state index >= 15 is 0 Å². The number of nitrogens with zero attached hydrogens (tertiary/aromatic N) is 1. The van der Waals surface area contributed by atoms with Crippen LogP contribution in [-0.4, -0.2) is 56.8 Å². The zero-order valence-corrected chi connectivity index (χ0v) is 22.5. The van der Waals surface area contributed by atoms with E-state index in [0.29, 0.717) is 18.4 Å². The highest BCUT2D eigenvalue weighted by atomic mass is 16.4. The van der Waals surface area contributed by atoms with Crippen molar-refractivity contribution in [1.82, 2.24) is 20.5 Å². The van der Waals surface area contributed by atoms with Crippen LogP contribution in [0.2, 0.25) is 0 Å². The molecule has 2 aliphatic rings. The summed E-state index contributed by atoms with van der Waals surface area (Å²) in [5.41, 5.74) is 4.21. The van der Waals surface area contributed by atoms with Crippen LogP contribution in [-0.2, 0) is 20.8 Å². The van der Waals surface area contributed by atoms with Crippen LogP contribution in [0.15, 0.2) is 48.5 Å². The molecule has 9 nitrogen and oxygen atoms in total. The van der Waals surface area contributed by atoms with Crippen molar-refractivity contribution in [2.75, 3.05) is 0 Å². The van der Waals surface area contributed by atoms with E-state index in [1.54, 1.807) is 24.8 Å². The number of carboxylic acid groups (broad SMARTS) is 1. The Bertz CT molecular complexity index is 1460. The van der Waals surface area contributed by atoms with E-state index in [4.69, 9.17) is 0 Å². The zero-order valence-electron chi connectivity index (χ0n) is 22.5. The van der Waals surface area contributed by atoms with Crippen molar-refractivity contribution in [2.24, 2.45) is 11.8 Å². The van der Waals surface area contributed by atoms with Crippen molar-refractivity contribution in [2.45, 2.75) is 64.7 Å².